The normalized spacial score (nSPS) is 19.5. The van der Waals surface area contributed by atoms with Crippen molar-refractivity contribution in [2.45, 2.75) is 57.0 Å². The molecular weight excluding hydrogens is 404 g/mol. The maximum atomic E-state index is 11.6. The molecule has 168 valence electrons. The zero-order valence-corrected chi connectivity index (χ0v) is 18.5. The highest BCUT2D eigenvalue weighted by atomic mass is 16.7. The fourth-order valence-corrected chi connectivity index (χ4v) is 4.75. The van der Waals surface area contributed by atoms with Crippen LogP contribution in [0.15, 0.2) is 54.6 Å². The molecule has 2 N–H and O–H groups in total. The number of rotatable bonds is 5. The fraction of sp³-hybridized carbons (Fsp3) is 0.423. The summed E-state index contributed by atoms with van der Waals surface area (Å²) in [4.78, 5) is 0. The van der Waals surface area contributed by atoms with Crippen molar-refractivity contribution in [3.63, 3.8) is 0 Å². The highest BCUT2D eigenvalue weighted by Crippen LogP contribution is 2.45. The molecular formula is C26H30N2O4. The smallest absolute Gasteiger partial charge is 0.168 e. The van der Waals surface area contributed by atoms with Gasteiger partial charge in [0.15, 0.2) is 5.79 Å². The monoisotopic (exact) mass is 434 g/mol. The Labute approximate surface area is 188 Å². The Balaban J connectivity index is 1.52. The molecule has 1 aliphatic heterocycles. The Morgan fingerprint density at radius 2 is 1.53 bits per heavy atom. The van der Waals surface area contributed by atoms with Crippen LogP contribution >= 0.6 is 0 Å². The van der Waals surface area contributed by atoms with Gasteiger partial charge in [-0.15, -0.1) is 0 Å². The second-order valence-electron chi connectivity index (χ2n) is 8.84. The zero-order chi connectivity index (χ0) is 22.2. The summed E-state index contributed by atoms with van der Waals surface area (Å²) in [6.45, 7) is 3.38. The van der Waals surface area contributed by atoms with Crippen LogP contribution in [0.4, 0.5) is 0 Å². The largest absolute Gasteiger partial charge is 0.392 e. The number of aromatic nitrogens is 2. The number of aryl methyl sites for hydroxylation is 1. The van der Waals surface area contributed by atoms with Crippen LogP contribution in [0.3, 0.4) is 0 Å². The first-order chi connectivity index (χ1) is 15.5. The molecule has 1 saturated carbocycles. The molecule has 0 radical (unpaired) electrons. The van der Waals surface area contributed by atoms with Crippen molar-refractivity contribution < 1.29 is 19.7 Å². The third-order valence-electron chi connectivity index (χ3n) is 6.86. The molecule has 1 saturated heterocycles. The van der Waals surface area contributed by atoms with Crippen molar-refractivity contribution in [3.05, 3.63) is 71.4 Å². The molecule has 1 aromatic heterocycles. The molecule has 2 fully saturated rings. The van der Waals surface area contributed by atoms with Crippen molar-refractivity contribution in [2.75, 3.05) is 13.2 Å². The molecule has 1 spiro atoms. The van der Waals surface area contributed by atoms with E-state index in [9.17, 15) is 10.2 Å². The van der Waals surface area contributed by atoms with Gasteiger partial charge in [0.25, 0.3) is 0 Å². The molecule has 3 aromatic rings. The third kappa shape index (κ3) is 3.88. The Hall–Kier alpha value is -2.51. The van der Waals surface area contributed by atoms with Gasteiger partial charge < -0.3 is 19.7 Å². The number of aliphatic hydroxyl groups excluding tert-OH is 1. The summed E-state index contributed by atoms with van der Waals surface area (Å²) in [5, 5.41) is 25.9. The number of benzene rings is 2. The lowest BCUT2D eigenvalue weighted by molar-refractivity contribution is -0.204. The highest BCUT2D eigenvalue weighted by Gasteiger charge is 2.47. The lowest BCUT2D eigenvalue weighted by Gasteiger charge is -2.39. The molecule has 2 heterocycles. The Bertz CT molecular complexity index is 991. The average Bonchev–Trinajstić information content (AvgIpc) is 3.50. The Morgan fingerprint density at radius 3 is 2.12 bits per heavy atom. The Kier molecular flexibility index (Phi) is 5.63. The van der Waals surface area contributed by atoms with Gasteiger partial charge in [-0.2, -0.15) is 5.10 Å². The van der Waals surface area contributed by atoms with Crippen molar-refractivity contribution >= 4 is 0 Å². The van der Waals surface area contributed by atoms with Gasteiger partial charge in [0.05, 0.1) is 36.9 Å². The van der Waals surface area contributed by atoms with E-state index in [2.05, 4.69) is 31.2 Å². The van der Waals surface area contributed by atoms with E-state index in [-0.39, 0.29) is 6.61 Å². The summed E-state index contributed by atoms with van der Waals surface area (Å²) in [7, 11) is 0. The van der Waals surface area contributed by atoms with Gasteiger partial charge in [-0.05, 0) is 48.6 Å². The first-order valence-electron chi connectivity index (χ1n) is 11.4. The lowest BCUT2D eigenvalue weighted by atomic mass is 9.79. The molecule has 0 amide bonds. The quantitative estimate of drug-likeness (QED) is 0.632. The third-order valence-corrected chi connectivity index (χ3v) is 6.86. The van der Waals surface area contributed by atoms with Crippen LogP contribution in [0.25, 0.3) is 16.9 Å². The molecule has 5 rings (SSSR count). The minimum absolute atomic E-state index is 0.00160. The van der Waals surface area contributed by atoms with E-state index in [1.165, 1.54) is 5.56 Å². The van der Waals surface area contributed by atoms with E-state index in [0.29, 0.717) is 44.6 Å². The van der Waals surface area contributed by atoms with E-state index >= 15 is 0 Å². The molecule has 2 aliphatic rings. The average molecular weight is 435 g/mol. The van der Waals surface area contributed by atoms with Crippen LogP contribution in [0, 0.1) is 0 Å². The van der Waals surface area contributed by atoms with Crippen LogP contribution < -0.4 is 0 Å². The van der Waals surface area contributed by atoms with E-state index in [1.54, 1.807) is 0 Å². The molecule has 1 aliphatic carbocycles. The zero-order valence-electron chi connectivity index (χ0n) is 18.5. The molecule has 0 atom stereocenters. The van der Waals surface area contributed by atoms with Crippen molar-refractivity contribution in [1.29, 1.82) is 0 Å². The van der Waals surface area contributed by atoms with Gasteiger partial charge in [-0.25, -0.2) is 4.68 Å². The maximum Gasteiger partial charge on any atom is 0.168 e. The molecule has 6 nitrogen and oxygen atoms in total. The first kappa shape index (κ1) is 21.3. The lowest BCUT2D eigenvalue weighted by Crippen LogP contribution is -2.42. The molecule has 2 aromatic carbocycles. The topological polar surface area (TPSA) is 76.7 Å². The summed E-state index contributed by atoms with van der Waals surface area (Å²) >= 11 is 0. The summed E-state index contributed by atoms with van der Waals surface area (Å²) in [6, 6.07) is 18.2. The second kappa shape index (κ2) is 8.45. The van der Waals surface area contributed by atoms with Crippen LogP contribution in [-0.2, 0) is 28.1 Å². The van der Waals surface area contributed by atoms with Gasteiger partial charge in [-0.1, -0.05) is 43.3 Å². The van der Waals surface area contributed by atoms with Crippen LogP contribution in [-0.4, -0.2) is 39.0 Å². The summed E-state index contributed by atoms with van der Waals surface area (Å²) in [5.74, 6) is -0.534. The van der Waals surface area contributed by atoms with Crippen molar-refractivity contribution in [1.82, 2.24) is 9.78 Å². The van der Waals surface area contributed by atoms with Gasteiger partial charge in [-0.3, -0.25) is 0 Å². The highest BCUT2D eigenvalue weighted by molar-refractivity contribution is 5.63. The number of aliphatic hydroxyl groups is 2. The first-order valence-corrected chi connectivity index (χ1v) is 11.4. The van der Waals surface area contributed by atoms with Crippen LogP contribution in [0.2, 0.25) is 0 Å². The summed E-state index contributed by atoms with van der Waals surface area (Å²) < 4.78 is 13.6. The molecule has 6 heteroatoms. The summed E-state index contributed by atoms with van der Waals surface area (Å²) in [6.07, 6.45) is 3.38. The number of nitrogens with zero attached hydrogens (tertiary/aromatic N) is 2. The molecule has 32 heavy (non-hydrogen) atoms. The second-order valence-corrected chi connectivity index (χ2v) is 8.84. The standard InChI is InChI=1S/C26H30N2O4/c1-2-19-3-7-21(8-4-19)23-17-24(27-28(23)22-9-5-20(18-29)6-10-22)25(30)11-13-26(14-12-25)31-15-16-32-26/h3-10,17,29-30H,2,11-16,18H2,1H3. The van der Waals surface area contributed by atoms with E-state index in [4.69, 9.17) is 14.6 Å². The van der Waals surface area contributed by atoms with Gasteiger partial charge in [0.1, 0.15) is 5.60 Å². The predicted molar refractivity (Wildman–Crippen MR) is 121 cm³/mol. The fourth-order valence-electron chi connectivity index (χ4n) is 4.75. The summed E-state index contributed by atoms with van der Waals surface area (Å²) in [5.41, 5.74) is 4.65. The number of hydrogen-bond acceptors (Lipinski definition) is 5. The molecule has 0 unspecified atom stereocenters. The maximum absolute atomic E-state index is 11.6. The minimum Gasteiger partial charge on any atom is -0.392 e. The Morgan fingerprint density at radius 1 is 0.906 bits per heavy atom. The van der Waals surface area contributed by atoms with E-state index in [0.717, 1.165) is 28.9 Å². The van der Waals surface area contributed by atoms with Crippen LogP contribution in [0.5, 0.6) is 0 Å². The van der Waals surface area contributed by atoms with Crippen molar-refractivity contribution in [3.8, 4) is 16.9 Å². The molecule has 0 bridgehead atoms. The van der Waals surface area contributed by atoms with E-state index < -0.39 is 11.4 Å². The van der Waals surface area contributed by atoms with Gasteiger partial charge >= 0.3 is 0 Å². The number of hydrogen-bond donors (Lipinski definition) is 2. The predicted octanol–water partition coefficient (Wildman–Crippen LogP) is 4.10. The van der Waals surface area contributed by atoms with Crippen molar-refractivity contribution in [2.24, 2.45) is 0 Å². The van der Waals surface area contributed by atoms with Crippen LogP contribution in [0.1, 0.15) is 49.4 Å². The number of ether oxygens (including phenoxy) is 2. The SMILES string of the molecule is CCc1ccc(-c2cc(C3(O)CCC4(CC3)OCCO4)nn2-c2ccc(CO)cc2)cc1. The van der Waals surface area contributed by atoms with Gasteiger partial charge in [0, 0.05) is 18.4 Å². The van der Waals surface area contributed by atoms with E-state index in [1.807, 2.05) is 35.0 Å². The van der Waals surface area contributed by atoms with Gasteiger partial charge in [0.2, 0.25) is 0 Å². The minimum atomic E-state index is -1.02.